The SMILES string of the molecule is Cc1ncncc1C(=O)N1CCO[C@@H](CCc2ccnc(N(C)C)c2)C1. The molecule has 3 rings (SSSR count). The van der Waals surface area contributed by atoms with E-state index in [4.69, 9.17) is 4.74 Å². The fourth-order valence-electron chi connectivity index (χ4n) is 3.04. The normalized spacial score (nSPS) is 17.2. The van der Waals surface area contributed by atoms with Gasteiger partial charge in [-0.1, -0.05) is 0 Å². The average molecular weight is 355 g/mol. The summed E-state index contributed by atoms with van der Waals surface area (Å²) >= 11 is 0. The molecule has 2 aromatic rings. The van der Waals surface area contributed by atoms with Crippen molar-refractivity contribution >= 4 is 11.7 Å². The van der Waals surface area contributed by atoms with Crippen LogP contribution in [0, 0.1) is 6.92 Å². The van der Waals surface area contributed by atoms with Crippen molar-refractivity contribution in [3.05, 3.63) is 47.7 Å². The number of nitrogens with zero attached hydrogens (tertiary/aromatic N) is 5. The second kappa shape index (κ2) is 8.23. The van der Waals surface area contributed by atoms with Crippen molar-refractivity contribution in [3.63, 3.8) is 0 Å². The maximum atomic E-state index is 12.7. The van der Waals surface area contributed by atoms with Crippen molar-refractivity contribution in [2.24, 2.45) is 0 Å². The largest absolute Gasteiger partial charge is 0.375 e. The van der Waals surface area contributed by atoms with Gasteiger partial charge in [-0.05, 0) is 37.5 Å². The number of morpholine rings is 1. The lowest BCUT2D eigenvalue weighted by Crippen LogP contribution is -2.46. The number of hydrogen-bond donors (Lipinski definition) is 0. The molecule has 0 aromatic carbocycles. The quantitative estimate of drug-likeness (QED) is 0.813. The molecule has 2 aromatic heterocycles. The fraction of sp³-hybridized carbons (Fsp3) is 0.474. The maximum absolute atomic E-state index is 12.7. The monoisotopic (exact) mass is 355 g/mol. The van der Waals surface area contributed by atoms with E-state index in [0.29, 0.717) is 31.0 Å². The summed E-state index contributed by atoms with van der Waals surface area (Å²) in [6, 6.07) is 4.12. The van der Waals surface area contributed by atoms with Gasteiger partial charge in [-0.15, -0.1) is 0 Å². The summed E-state index contributed by atoms with van der Waals surface area (Å²) in [6.07, 6.45) is 6.68. The third kappa shape index (κ3) is 4.35. The standard InChI is InChI=1S/C19H25N5O2/c1-14-17(11-20-13-22-14)19(25)24-8-9-26-16(12-24)5-4-15-6-7-21-18(10-15)23(2)3/h6-7,10-11,13,16H,4-5,8-9,12H2,1-3H3/t16-/m0/s1. The van der Waals surface area contributed by atoms with Crippen molar-refractivity contribution in [3.8, 4) is 0 Å². The Hall–Kier alpha value is -2.54. The highest BCUT2D eigenvalue weighted by Crippen LogP contribution is 2.17. The minimum absolute atomic E-state index is 0.0183. The second-order valence-corrected chi connectivity index (χ2v) is 6.72. The van der Waals surface area contributed by atoms with E-state index in [0.717, 1.165) is 18.7 Å². The number of pyridine rings is 1. The molecule has 1 saturated heterocycles. The first kappa shape index (κ1) is 18.3. The minimum Gasteiger partial charge on any atom is -0.375 e. The minimum atomic E-state index is -0.0183. The molecule has 1 fully saturated rings. The highest BCUT2D eigenvalue weighted by Gasteiger charge is 2.26. The van der Waals surface area contributed by atoms with Crippen LogP contribution in [0.4, 0.5) is 5.82 Å². The molecule has 1 aliphatic rings. The Balaban J connectivity index is 1.59. The van der Waals surface area contributed by atoms with Gasteiger partial charge in [0, 0.05) is 39.6 Å². The van der Waals surface area contributed by atoms with Crippen molar-refractivity contribution in [2.45, 2.75) is 25.9 Å². The fourth-order valence-corrected chi connectivity index (χ4v) is 3.04. The van der Waals surface area contributed by atoms with Crippen LogP contribution >= 0.6 is 0 Å². The molecule has 3 heterocycles. The van der Waals surface area contributed by atoms with Crippen molar-refractivity contribution in [1.29, 1.82) is 0 Å². The molecule has 0 radical (unpaired) electrons. The van der Waals surface area contributed by atoms with Crippen LogP contribution in [0.1, 0.15) is 28.0 Å². The average Bonchev–Trinajstić information content (AvgIpc) is 2.67. The van der Waals surface area contributed by atoms with E-state index >= 15 is 0 Å². The Bertz CT molecular complexity index is 765. The summed E-state index contributed by atoms with van der Waals surface area (Å²) in [5.41, 5.74) is 2.50. The first-order valence-electron chi connectivity index (χ1n) is 8.84. The van der Waals surface area contributed by atoms with E-state index < -0.39 is 0 Å². The van der Waals surface area contributed by atoms with Crippen LogP contribution in [0.3, 0.4) is 0 Å². The molecular formula is C19H25N5O2. The second-order valence-electron chi connectivity index (χ2n) is 6.72. The number of amides is 1. The topological polar surface area (TPSA) is 71.5 Å². The predicted octanol–water partition coefficient (Wildman–Crippen LogP) is 1.72. The van der Waals surface area contributed by atoms with E-state index in [-0.39, 0.29) is 12.0 Å². The number of ether oxygens (including phenoxy) is 1. The van der Waals surface area contributed by atoms with Gasteiger partial charge in [0.05, 0.1) is 24.0 Å². The smallest absolute Gasteiger partial charge is 0.257 e. The van der Waals surface area contributed by atoms with Crippen LogP contribution in [-0.4, -0.2) is 65.7 Å². The van der Waals surface area contributed by atoms with Crippen molar-refractivity contribution in [1.82, 2.24) is 19.9 Å². The van der Waals surface area contributed by atoms with Crippen LogP contribution in [0.2, 0.25) is 0 Å². The third-order valence-corrected chi connectivity index (χ3v) is 4.59. The molecule has 138 valence electrons. The predicted molar refractivity (Wildman–Crippen MR) is 99.3 cm³/mol. The van der Waals surface area contributed by atoms with E-state index in [9.17, 15) is 4.79 Å². The van der Waals surface area contributed by atoms with Gasteiger partial charge in [0.15, 0.2) is 0 Å². The van der Waals surface area contributed by atoms with Gasteiger partial charge in [-0.2, -0.15) is 0 Å². The van der Waals surface area contributed by atoms with Gasteiger partial charge in [0.25, 0.3) is 5.91 Å². The lowest BCUT2D eigenvalue weighted by Gasteiger charge is -2.33. The molecule has 0 bridgehead atoms. The van der Waals surface area contributed by atoms with E-state index in [1.54, 1.807) is 6.20 Å². The zero-order valence-corrected chi connectivity index (χ0v) is 15.6. The Morgan fingerprint density at radius 2 is 2.23 bits per heavy atom. The number of aromatic nitrogens is 3. The molecule has 0 spiro atoms. The molecule has 7 heteroatoms. The molecular weight excluding hydrogens is 330 g/mol. The lowest BCUT2D eigenvalue weighted by molar-refractivity contribution is -0.0246. The third-order valence-electron chi connectivity index (χ3n) is 4.59. The van der Waals surface area contributed by atoms with Gasteiger partial charge in [0.1, 0.15) is 12.1 Å². The Labute approximate surface area is 154 Å². The summed E-state index contributed by atoms with van der Waals surface area (Å²) in [7, 11) is 3.96. The number of anilines is 1. The molecule has 0 saturated carbocycles. The van der Waals surface area contributed by atoms with E-state index in [1.165, 1.54) is 11.9 Å². The van der Waals surface area contributed by atoms with Crippen LogP contribution in [0.15, 0.2) is 30.9 Å². The number of carbonyl (C=O) groups excluding carboxylic acids is 1. The summed E-state index contributed by atoms with van der Waals surface area (Å²) < 4.78 is 5.87. The molecule has 0 N–H and O–H groups in total. The van der Waals surface area contributed by atoms with Crippen LogP contribution < -0.4 is 4.90 Å². The molecule has 26 heavy (non-hydrogen) atoms. The molecule has 1 amide bonds. The Morgan fingerprint density at radius 1 is 1.38 bits per heavy atom. The molecule has 0 aliphatic carbocycles. The van der Waals surface area contributed by atoms with Crippen LogP contribution in [0.5, 0.6) is 0 Å². The highest BCUT2D eigenvalue weighted by molar-refractivity contribution is 5.94. The zero-order chi connectivity index (χ0) is 18.5. The van der Waals surface area contributed by atoms with Gasteiger partial charge in [-0.3, -0.25) is 4.79 Å². The van der Waals surface area contributed by atoms with E-state index in [1.807, 2.05) is 43.1 Å². The van der Waals surface area contributed by atoms with Gasteiger partial charge in [-0.25, -0.2) is 15.0 Å². The summed E-state index contributed by atoms with van der Waals surface area (Å²) in [4.78, 5) is 29.0. The van der Waals surface area contributed by atoms with Crippen molar-refractivity contribution in [2.75, 3.05) is 38.7 Å². The molecule has 1 aliphatic heterocycles. The van der Waals surface area contributed by atoms with Gasteiger partial charge in [0.2, 0.25) is 0 Å². The zero-order valence-electron chi connectivity index (χ0n) is 15.6. The highest BCUT2D eigenvalue weighted by atomic mass is 16.5. The Kier molecular flexibility index (Phi) is 5.78. The van der Waals surface area contributed by atoms with Crippen LogP contribution in [-0.2, 0) is 11.2 Å². The van der Waals surface area contributed by atoms with Crippen molar-refractivity contribution < 1.29 is 9.53 Å². The molecule has 7 nitrogen and oxygen atoms in total. The molecule has 1 atom stereocenters. The molecule has 0 unspecified atom stereocenters. The maximum Gasteiger partial charge on any atom is 0.257 e. The summed E-state index contributed by atoms with van der Waals surface area (Å²) in [6.45, 7) is 3.59. The Morgan fingerprint density at radius 3 is 3.00 bits per heavy atom. The van der Waals surface area contributed by atoms with E-state index in [2.05, 4.69) is 21.0 Å². The lowest BCUT2D eigenvalue weighted by atomic mass is 10.1. The number of rotatable bonds is 5. The number of hydrogen-bond acceptors (Lipinski definition) is 6. The summed E-state index contributed by atoms with van der Waals surface area (Å²) in [5, 5.41) is 0. The summed E-state index contributed by atoms with van der Waals surface area (Å²) in [5.74, 6) is 0.929. The number of carbonyl (C=O) groups is 1. The first-order valence-corrected chi connectivity index (χ1v) is 8.84. The number of aryl methyl sites for hydroxylation is 2. The van der Waals surface area contributed by atoms with Gasteiger partial charge >= 0.3 is 0 Å². The first-order chi connectivity index (χ1) is 12.5. The van der Waals surface area contributed by atoms with Crippen LogP contribution in [0.25, 0.3) is 0 Å². The van der Waals surface area contributed by atoms with Gasteiger partial charge < -0.3 is 14.5 Å².